The molecule has 1 fully saturated rings. The van der Waals surface area contributed by atoms with Gasteiger partial charge in [-0.25, -0.2) is 0 Å². The predicted molar refractivity (Wildman–Crippen MR) is 128 cm³/mol. The predicted octanol–water partition coefficient (Wildman–Crippen LogP) is 8.58. The second kappa shape index (κ2) is 16.2. The lowest BCUT2D eigenvalue weighted by molar-refractivity contribution is -0.122. The lowest BCUT2D eigenvalue weighted by atomic mass is 9.70. The van der Waals surface area contributed by atoms with Crippen LogP contribution in [-0.2, 0) is 4.79 Å². The topological polar surface area (TPSA) is 29.1 Å². The van der Waals surface area contributed by atoms with E-state index in [9.17, 15) is 4.79 Å². The Bertz CT molecular complexity index is 403. The molecule has 0 aliphatic heterocycles. The van der Waals surface area contributed by atoms with Gasteiger partial charge in [-0.05, 0) is 37.0 Å². The van der Waals surface area contributed by atoms with E-state index >= 15 is 0 Å². The minimum atomic E-state index is 0.287. The fourth-order valence-electron chi connectivity index (χ4n) is 5.41. The second-order valence-electron chi connectivity index (χ2n) is 10.9. The molecule has 0 aromatic rings. The number of unbranched alkanes of at least 4 members (excludes halogenated alkanes) is 14. The SMILES string of the molecule is CCCCCCCCCCCCCCCCCC(=O)N[C@@H]1C[C@H](C)CC(C)(C)C1. The normalized spacial score (nSPS) is 21.2. The van der Waals surface area contributed by atoms with Crippen molar-refractivity contribution < 1.29 is 4.79 Å². The number of hydrogen-bond donors (Lipinski definition) is 1. The van der Waals surface area contributed by atoms with E-state index in [0.29, 0.717) is 11.5 Å². The van der Waals surface area contributed by atoms with Crippen LogP contribution in [0, 0.1) is 11.3 Å². The molecule has 0 radical (unpaired) electrons. The summed E-state index contributed by atoms with van der Waals surface area (Å²) in [7, 11) is 0. The number of hydrogen-bond acceptors (Lipinski definition) is 1. The molecule has 1 saturated carbocycles. The van der Waals surface area contributed by atoms with E-state index in [0.717, 1.165) is 31.6 Å². The molecule has 0 heterocycles. The number of rotatable bonds is 17. The Kier molecular flexibility index (Phi) is 14.8. The van der Waals surface area contributed by atoms with E-state index in [1.165, 1.54) is 96.3 Å². The molecule has 2 atom stereocenters. The Balaban J connectivity index is 1.85. The van der Waals surface area contributed by atoms with Gasteiger partial charge in [0.2, 0.25) is 5.91 Å². The van der Waals surface area contributed by atoms with Gasteiger partial charge in [0.25, 0.3) is 0 Å². The molecule has 0 aromatic heterocycles. The Morgan fingerprint density at radius 1 is 0.759 bits per heavy atom. The van der Waals surface area contributed by atoms with E-state index < -0.39 is 0 Å². The van der Waals surface area contributed by atoms with Crippen molar-refractivity contribution >= 4 is 5.91 Å². The maximum atomic E-state index is 12.3. The first-order valence-electron chi connectivity index (χ1n) is 13.2. The minimum absolute atomic E-state index is 0.287. The maximum absolute atomic E-state index is 12.3. The third-order valence-electron chi connectivity index (χ3n) is 6.76. The molecular weight excluding hydrogens is 354 g/mol. The van der Waals surface area contributed by atoms with E-state index in [1.54, 1.807) is 0 Å². The van der Waals surface area contributed by atoms with Crippen LogP contribution in [0.1, 0.15) is 150 Å². The molecule has 0 bridgehead atoms. The third kappa shape index (κ3) is 15.0. The zero-order valence-electron chi connectivity index (χ0n) is 20.5. The summed E-state index contributed by atoms with van der Waals surface area (Å²) in [4.78, 5) is 12.3. The highest BCUT2D eigenvalue weighted by atomic mass is 16.1. The Hall–Kier alpha value is -0.530. The summed E-state index contributed by atoms with van der Waals surface area (Å²) in [6.45, 7) is 9.30. The van der Waals surface area contributed by atoms with Gasteiger partial charge >= 0.3 is 0 Å². The van der Waals surface area contributed by atoms with Gasteiger partial charge in [0, 0.05) is 12.5 Å². The van der Waals surface area contributed by atoms with E-state index in [-0.39, 0.29) is 5.91 Å². The van der Waals surface area contributed by atoms with Crippen molar-refractivity contribution in [3.8, 4) is 0 Å². The van der Waals surface area contributed by atoms with Crippen LogP contribution in [-0.4, -0.2) is 11.9 Å². The first kappa shape index (κ1) is 26.5. The lowest BCUT2D eigenvalue weighted by Gasteiger charge is -2.39. The van der Waals surface area contributed by atoms with Crippen LogP contribution in [0.4, 0.5) is 0 Å². The number of amides is 1. The largest absolute Gasteiger partial charge is 0.353 e. The molecule has 2 heteroatoms. The van der Waals surface area contributed by atoms with Crippen LogP contribution in [0.15, 0.2) is 0 Å². The summed E-state index contributed by atoms with van der Waals surface area (Å²) in [5.74, 6) is 1.02. The lowest BCUT2D eigenvalue weighted by Crippen LogP contribution is -2.42. The molecular formula is C27H53NO. The van der Waals surface area contributed by atoms with Gasteiger partial charge in [0.05, 0.1) is 0 Å². The summed E-state index contributed by atoms with van der Waals surface area (Å²) >= 11 is 0. The first-order chi connectivity index (χ1) is 13.9. The first-order valence-corrected chi connectivity index (χ1v) is 13.2. The smallest absolute Gasteiger partial charge is 0.220 e. The standard InChI is InChI=1S/C27H53NO/c1-5-6-7-8-9-10-11-12-13-14-15-16-17-18-19-20-26(29)28-25-21-24(2)22-27(3,4)23-25/h24-25H,5-23H2,1-4H3,(H,28,29)/t24-,25+/m0/s1. The van der Waals surface area contributed by atoms with Crippen LogP contribution in [0.25, 0.3) is 0 Å². The Labute approximate surface area is 183 Å². The minimum Gasteiger partial charge on any atom is -0.353 e. The molecule has 0 saturated heterocycles. The Morgan fingerprint density at radius 2 is 1.21 bits per heavy atom. The average molecular weight is 408 g/mol. The highest BCUT2D eigenvalue weighted by Gasteiger charge is 2.32. The van der Waals surface area contributed by atoms with Crippen LogP contribution < -0.4 is 5.32 Å². The van der Waals surface area contributed by atoms with Gasteiger partial charge in [0.1, 0.15) is 0 Å². The van der Waals surface area contributed by atoms with E-state index in [2.05, 4.69) is 33.0 Å². The van der Waals surface area contributed by atoms with Crippen LogP contribution in [0.2, 0.25) is 0 Å². The van der Waals surface area contributed by atoms with Crippen LogP contribution in [0.3, 0.4) is 0 Å². The van der Waals surface area contributed by atoms with Gasteiger partial charge in [-0.2, -0.15) is 0 Å². The van der Waals surface area contributed by atoms with E-state index in [1.807, 2.05) is 0 Å². The molecule has 0 aromatic carbocycles. The molecule has 1 aliphatic carbocycles. The molecule has 1 aliphatic rings. The fourth-order valence-corrected chi connectivity index (χ4v) is 5.41. The highest BCUT2D eigenvalue weighted by molar-refractivity contribution is 5.76. The molecule has 172 valence electrons. The van der Waals surface area contributed by atoms with Crippen molar-refractivity contribution in [1.82, 2.24) is 5.32 Å². The molecule has 1 N–H and O–H groups in total. The van der Waals surface area contributed by atoms with Crippen molar-refractivity contribution in [1.29, 1.82) is 0 Å². The highest BCUT2D eigenvalue weighted by Crippen LogP contribution is 2.38. The quantitative estimate of drug-likeness (QED) is 0.240. The second-order valence-corrected chi connectivity index (χ2v) is 10.9. The van der Waals surface area contributed by atoms with Crippen LogP contribution in [0.5, 0.6) is 0 Å². The van der Waals surface area contributed by atoms with Crippen molar-refractivity contribution in [2.45, 2.75) is 156 Å². The van der Waals surface area contributed by atoms with E-state index in [4.69, 9.17) is 0 Å². The number of carbonyl (C=O) groups excluding carboxylic acids is 1. The summed E-state index contributed by atoms with van der Waals surface area (Å²) in [5, 5.41) is 3.32. The van der Waals surface area contributed by atoms with Crippen LogP contribution >= 0.6 is 0 Å². The number of carbonyl (C=O) groups is 1. The zero-order valence-corrected chi connectivity index (χ0v) is 20.5. The molecule has 1 rings (SSSR count). The molecule has 0 unspecified atom stereocenters. The molecule has 29 heavy (non-hydrogen) atoms. The van der Waals surface area contributed by atoms with Crippen molar-refractivity contribution in [2.75, 3.05) is 0 Å². The fraction of sp³-hybridized carbons (Fsp3) is 0.963. The summed E-state index contributed by atoms with van der Waals surface area (Å²) in [5.41, 5.74) is 0.379. The van der Waals surface area contributed by atoms with Crippen molar-refractivity contribution in [2.24, 2.45) is 11.3 Å². The third-order valence-corrected chi connectivity index (χ3v) is 6.76. The van der Waals surface area contributed by atoms with Gasteiger partial charge < -0.3 is 5.32 Å². The zero-order chi connectivity index (χ0) is 21.4. The summed E-state index contributed by atoms with van der Waals surface area (Å²) in [6.07, 6.45) is 24.9. The van der Waals surface area contributed by atoms with Gasteiger partial charge in [-0.3, -0.25) is 4.79 Å². The average Bonchev–Trinajstić information content (AvgIpc) is 2.63. The Morgan fingerprint density at radius 3 is 1.66 bits per heavy atom. The maximum Gasteiger partial charge on any atom is 0.220 e. The van der Waals surface area contributed by atoms with Gasteiger partial charge in [-0.1, -0.05) is 118 Å². The summed E-state index contributed by atoms with van der Waals surface area (Å²) < 4.78 is 0. The van der Waals surface area contributed by atoms with Crippen molar-refractivity contribution in [3.63, 3.8) is 0 Å². The van der Waals surface area contributed by atoms with Gasteiger partial charge in [0.15, 0.2) is 0 Å². The molecule has 1 amide bonds. The number of nitrogens with one attached hydrogen (secondary N) is 1. The molecule has 0 spiro atoms. The summed E-state index contributed by atoms with van der Waals surface area (Å²) in [6, 6.07) is 0.401. The van der Waals surface area contributed by atoms with Gasteiger partial charge in [-0.15, -0.1) is 0 Å². The van der Waals surface area contributed by atoms with Crippen molar-refractivity contribution in [3.05, 3.63) is 0 Å². The molecule has 2 nitrogen and oxygen atoms in total. The monoisotopic (exact) mass is 407 g/mol.